The van der Waals surface area contributed by atoms with Crippen LogP contribution >= 0.6 is 11.6 Å². The summed E-state index contributed by atoms with van der Waals surface area (Å²) in [6, 6.07) is 6.89. The Morgan fingerprint density at radius 3 is 2.88 bits per heavy atom. The maximum Gasteiger partial charge on any atom is 0.189 e. The predicted octanol–water partition coefficient (Wildman–Crippen LogP) is 3.53. The number of hydrogen-bond acceptors (Lipinski definition) is 4. The van der Waals surface area contributed by atoms with E-state index >= 15 is 0 Å². The molecule has 0 aliphatic heterocycles. The Morgan fingerprint density at radius 1 is 1.46 bits per heavy atom. The van der Waals surface area contributed by atoms with Gasteiger partial charge in [0.05, 0.1) is 12.7 Å². The second-order valence-electron chi connectivity index (χ2n) is 6.14. The topological polar surface area (TPSA) is 82.9 Å². The number of nitrogens with one attached hydrogen (secondary N) is 1. The van der Waals surface area contributed by atoms with E-state index in [0.29, 0.717) is 34.0 Å². The van der Waals surface area contributed by atoms with E-state index in [2.05, 4.69) is 4.98 Å². The van der Waals surface area contributed by atoms with E-state index in [4.69, 9.17) is 16.3 Å². The van der Waals surface area contributed by atoms with Crippen LogP contribution in [0.3, 0.4) is 0 Å². The van der Waals surface area contributed by atoms with E-state index in [1.807, 2.05) is 6.07 Å². The zero-order valence-corrected chi connectivity index (χ0v) is 14.0. The summed E-state index contributed by atoms with van der Waals surface area (Å²) in [5, 5.41) is 10.5. The number of rotatable bonds is 7. The van der Waals surface area contributed by atoms with E-state index in [0.717, 1.165) is 12.8 Å². The van der Waals surface area contributed by atoms with E-state index < -0.39 is 23.6 Å². The van der Waals surface area contributed by atoms with Gasteiger partial charge in [0.1, 0.15) is 6.10 Å². The third kappa shape index (κ3) is 3.35. The van der Waals surface area contributed by atoms with Crippen LogP contribution in [0, 0.1) is 23.2 Å². The van der Waals surface area contributed by atoms with Crippen LogP contribution in [-0.2, 0) is 9.53 Å². The van der Waals surface area contributed by atoms with E-state index in [9.17, 15) is 14.9 Å². The van der Waals surface area contributed by atoms with Crippen LogP contribution in [0.15, 0.2) is 24.4 Å². The molecule has 5 nitrogen and oxygen atoms in total. The van der Waals surface area contributed by atoms with Gasteiger partial charge in [-0.2, -0.15) is 5.26 Å². The molecule has 1 heterocycles. The standard InChI is InChI=1S/C18H17ClN2O3/c1-10(24-9-11-2-3-11)17(22)14(7-20)18(23)15-8-21-16-6-12(19)4-5-13(15)16/h4-6,8,10-11,14,21H,2-3,9H2,1H3/t10-,14-/m0/s1. The summed E-state index contributed by atoms with van der Waals surface area (Å²) in [4.78, 5) is 28.1. The predicted molar refractivity (Wildman–Crippen MR) is 89.9 cm³/mol. The number of carbonyl (C=O) groups excluding carboxylic acids is 2. The number of ether oxygens (including phenoxy) is 1. The second-order valence-corrected chi connectivity index (χ2v) is 6.58. The lowest BCUT2D eigenvalue weighted by Crippen LogP contribution is -2.33. The molecular weight excluding hydrogens is 328 g/mol. The van der Waals surface area contributed by atoms with Crippen LogP contribution in [-0.4, -0.2) is 29.3 Å². The molecule has 1 aliphatic carbocycles. The number of aromatic nitrogens is 1. The smallest absolute Gasteiger partial charge is 0.189 e. The van der Waals surface area contributed by atoms with Gasteiger partial charge in [0.15, 0.2) is 17.5 Å². The highest BCUT2D eigenvalue weighted by Crippen LogP contribution is 2.29. The van der Waals surface area contributed by atoms with Crippen molar-refractivity contribution in [1.29, 1.82) is 5.26 Å². The zero-order chi connectivity index (χ0) is 17.3. The molecule has 1 fully saturated rings. The fraction of sp³-hybridized carbons (Fsp3) is 0.389. The maximum absolute atomic E-state index is 12.7. The van der Waals surface area contributed by atoms with E-state index in [-0.39, 0.29) is 0 Å². The molecule has 6 heteroatoms. The number of fused-ring (bicyclic) bond motifs is 1. The van der Waals surface area contributed by atoms with Gasteiger partial charge in [-0.15, -0.1) is 0 Å². The molecule has 2 atom stereocenters. The Morgan fingerprint density at radius 2 is 2.21 bits per heavy atom. The number of nitriles is 1. The molecule has 0 saturated heterocycles. The highest BCUT2D eigenvalue weighted by atomic mass is 35.5. The number of benzene rings is 1. The first-order chi connectivity index (χ1) is 11.5. The van der Waals surface area contributed by atoms with Gasteiger partial charge in [-0.3, -0.25) is 9.59 Å². The largest absolute Gasteiger partial charge is 0.370 e. The highest BCUT2D eigenvalue weighted by Gasteiger charge is 2.33. The summed E-state index contributed by atoms with van der Waals surface area (Å²) >= 11 is 5.93. The molecule has 1 aliphatic rings. The van der Waals surface area contributed by atoms with Crippen molar-refractivity contribution < 1.29 is 14.3 Å². The van der Waals surface area contributed by atoms with Gasteiger partial charge in [0.2, 0.25) is 0 Å². The molecule has 1 N–H and O–H groups in total. The fourth-order valence-electron chi connectivity index (χ4n) is 2.59. The zero-order valence-electron chi connectivity index (χ0n) is 13.2. The number of halogens is 1. The second kappa shape index (κ2) is 6.76. The van der Waals surface area contributed by atoms with Crippen molar-refractivity contribution in [3.63, 3.8) is 0 Å². The number of nitrogens with zero attached hydrogens (tertiary/aromatic N) is 1. The van der Waals surface area contributed by atoms with Crippen LogP contribution in [0.1, 0.15) is 30.1 Å². The van der Waals surface area contributed by atoms with Crippen LogP contribution in [0.4, 0.5) is 0 Å². The van der Waals surface area contributed by atoms with Crippen molar-refractivity contribution in [2.45, 2.75) is 25.9 Å². The lowest BCUT2D eigenvalue weighted by molar-refractivity contribution is -0.130. The quantitative estimate of drug-likeness (QED) is 0.615. The van der Waals surface area contributed by atoms with E-state index in [1.54, 1.807) is 25.1 Å². The van der Waals surface area contributed by atoms with Gasteiger partial charge in [0, 0.05) is 27.7 Å². The van der Waals surface area contributed by atoms with Crippen LogP contribution < -0.4 is 0 Å². The molecule has 124 valence electrons. The lowest BCUT2D eigenvalue weighted by atomic mass is 9.92. The average Bonchev–Trinajstić information content (AvgIpc) is 3.31. The summed E-state index contributed by atoms with van der Waals surface area (Å²) in [5.74, 6) is -1.87. The first-order valence-corrected chi connectivity index (χ1v) is 8.25. The normalized spacial score (nSPS) is 16.5. The Bertz CT molecular complexity index is 832. The van der Waals surface area contributed by atoms with Crippen molar-refractivity contribution in [3.8, 4) is 6.07 Å². The summed E-state index contributed by atoms with van der Waals surface area (Å²) < 4.78 is 5.50. The maximum atomic E-state index is 12.7. The first-order valence-electron chi connectivity index (χ1n) is 7.87. The number of ketones is 2. The highest BCUT2D eigenvalue weighted by molar-refractivity contribution is 6.31. The first kappa shape index (κ1) is 16.7. The van der Waals surface area contributed by atoms with Crippen LogP contribution in [0.25, 0.3) is 10.9 Å². The third-order valence-corrected chi connectivity index (χ3v) is 4.50. The lowest BCUT2D eigenvalue weighted by Gasteiger charge is -2.14. The summed E-state index contributed by atoms with van der Waals surface area (Å²) in [6.07, 6.45) is 2.97. The number of hydrogen-bond donors (Lipinski definition) is 1. The summed E-state index contributed by atoms with van der Waals surface area (Å²) in [5.41, 5.74) is 1.00. The number of aromatic amines is 1. The van der Waals surface area contributed by atoms with Crippen molar-refractivity contribution in [2.75, 3.05) is 6.61 Å². The number of carbonyl (C=O) groups is 2. The van der Waals surface area contributed by atoms with E-state index in [1.165, 1.54) is 6.20 Å². The molecule has 3 rings (SSSR count). The van der Waals surface area contributed by atoms with Crippen LogP contribution in [0.2, 0.25) is 5.02 Å². The van der Waals surface area contributed by atoms with Gasteiger partial charge < -0.3 is 9.72 Å². The molecule has 0 spiro atoms. The molecule has 1 aromatic heterocycles. The molecule has 0 amide bonds. The van der Waals surface area contributed by atoms with Crippen LogP contribution in [0.5, 0.6) is 0 Å². The van der Waals surface area contributed by atoms with Crippen molar-refractivity contribution in [2.24, 2.45) is 11.8 Å². The molecule has 2 aromatic rings. The molecule has 1 aromatic carbocycles. The van der Waals surface area contributed by atoms with Crippen molar-refractivity contribution in [1.82, 2.24) is 4.98 Å². The number of H-pyrrole nitrogens is 1. The van der Waals surface area contributed by atoms with Crippen molar-refractivity contribution in [3.05, 3.63) is 35.0 Å². The van der Waals surface area contributed by atoms with Crippen molar-refractivity contribution >= 4 is 34.1 Å². The van der Waals surface area contributed by atoms with Gasteiger partial charge in [-0.1, -0.05) is 17.7 Å². The van der Waals surface area contributed by atoms with Gasteiger partial charge >= 0.3 is 0 Å². The molecular formula is C18H17ClN2O3. The molecule has 1 saturated carbocycles. The minimum absolute atomic E-state index is 0.316. The average molecular weight is 345 g/mol. The Balaban J connectivity index is 1.79. The van der Waals surface area contributed by atoms with Gasteiger partial charge in [0.25, 0.3) is 0 Å². The Labute approximate surface area is 144 Å². The molecule has 0 radical (unpaired) electrons. The molecule has 0 bridgehead atoms. The summed E-state index contributed by atoms with van der Waals surface area (Å²) in [6.45, 7) is 2.10. The number of Topliss-reactive ketones (excluding diaryl/α,β-unsaturated/α-hetero) is 2. The third-order valence-electron chi connectivity index (χ3n) is 4.26. The minimum atomic E-state index is -1.37. The fourth-order valence-corrected chi connectivity index (χ4v) is 2.76. The molecule has 0 unspecified atom stereocenters. The monoisotopic (exact) mass is 344 g/mol. The Kier molecular flexibility index (Phi) is 4.70. The minimum Gasteiger partial charge on any atom is -0.370 e. The Hall–Kier alpha value is -2.16. The van der Waals surface area contributed by atoms with Gasteiger partial charge in [-0.25, -0.2) is 0 Å². The SMILES string of the molecule is C[C@H](OCC1CC1)C(=O)[C@H](C#N)C(=O)c1c[nH]c2cc(Cl)ccc12. The molecule has 24 heavy (non-hydrogen) atoms. The summed E-state index contributed by atoms with van der Waals surface area (Å²) in [7, 11) is 0. The van der Waals surface area contributed by atoms with Gasteiger partial charge in [-0.05, 0) is 37.8 Å².